The third-order valence-electron chi connectivity index (χ3n) is 1.67. The van der Waals surface area contributed by atoms with Crippen LogP contribution in [0.4, 0.5) is 0 Å². The Balaban J connectivity index is 3.14. The predicted octanol–water partition coefficient (Wildman–Crippen LogP) is 1.83. The van der Waals surface area contributed by atoms with Gasteiger partial charge in [-0.25, -0.2) is 5.48 Å². The fourth-order valence-electron chi connectivity index (χ4n) is 0.975. The lowest BCUT2D eigenvalue weighted by Crippen LogP contribution is -2.07. The van der Waals surface area contributed by atoms with Gasteiger partial charge in [0.15, 0.2) is 0 Å². The largest absolute Gasteiger partial charge is 0.508 e. The van der Waals surface area contributed by atoms with Crippen molar-refractivity contribution < 1.29 is 10.3 Å². The van der Waals surface area contributed by atoms with Crippen LogP contribution in [0.3, 0.4) is 0 Å². The molecule has 0 unspecified atom stereocenters. The second kappa shape index (κ2) is 3.76. The summed E-state index contributed by atoms with van der Waals surface area (Å²) >= 11 is 5.87. The van der Waals surface area contributed by atoms with Crippen molar-refractivity contribution in [2.24, 2.45) is 0 Å². The molecule has 0 amide bonds. The molecule has 0 radical (unpaired) electrons. The highest BCUT2D eigenvalue weighted by Gasteiger charge is 2.07. The van der Waals surface area contributed by atoms with Crippen molar-refractivity contribution in [3.05, 3.63) is 28.3 Å². The lowest BCUT2D eigenvalue weighted by Gasteiger charge is -2.07. The Hall–Kier alpha value is -0.770. The highest BCUT2D eigenvalue weighted by atomic mass is 35.5. The minimum absolute atomic E-state index is 0.0900. The molecule has 1 aromatic rings. The zero-order valence-electron chi connectivity index (χ0n) is 6.63. The maximum absolute atomic E-state index is 9.31. The van der Waals surface area contributed by atoms with E-state index in [-0.39, 0.29) is 12.3 Å². The van der Waals surface area contributed by atoms with E-state index in [4.69, 9.17) is 16.8 Å². The van der Waals surface area contributed by atoms with Crippen LogP contribution in [0.15, 0.2) is 12.1 Å². The van der Waals surface area contributed by atoms with Crippen LogP contribution in [0, 0.1) is 6.92 Å². The third kappa shape index (κ3) is 1.69. The van der Waals surface area contributed by atoms with Gasteiger partial charge >= 0.3 is 0 Å². The molecular weight excluding hydrogens is 178 g/mol. The van der Waals surface area contributed by atoms with Crippen molar-refractivity contribution in [1.29, 1.82) is 0 Å². The van der Waals surface area contributed by atoms with Crippen LogP contribution in [0.2, 0.25) is 5.02 Å². The molecule has 1 rings (SSSR count). The number of aromatic hydroxyl groups is 1. The number of benzene rings is 1. The Labute approximate surface area is 75.6 Å². The lowest BCUT2D eigenvalue weighted by atomic mass is 10.1. The highest BCUT2D eigenvalue weighted by molar-refractivity contribution is 6.32. The molecule has 0 saturated carbocycles. The van der Waals surface area contributed by atoms with Gasteiger partial charge in [-0.1, -0.05) is 17.7 Å². The number of phenolic OH excluding ortho intramolecular Hbond substituents is 1. The SMILES string of the molecule is Cc1ccc(O)c(CNO)c1Cl. The summed E-state index contributed by atoms with van der Waals surface area (Å²) in [5.74, 6) is 0.0900. The Morgan fingerprint density at radius 3 is 2.75 bits per heavy atom. The maximum Gasteiger partial charge on any atom is 0.121 e. The molecule has 12 heavy (non-hydrogen) atoms. The molecule has 0 aromatic heterocycles. The number of rotatable bonds is 2. The van der Waals surface area contributed by atoms with E-state index in [1.807, 2.05) is 12.4 Å². The van der Waals surface area contributed by atoms with Gasteiger partial charge in [-0.05, 0) is 18.6 Å². The smallest absolute Gasteiger partial charge is 0.121 e. The third-order valence-corrected chi connectivity index (χ3v) is 2.19. The number of halogens is 1. The van der Waals surface area contributed by atoms with E-state index < -0.39 is 0 Å². The molecule has 0 aliphatic carbocycles. The van der Waals surface area contributed by atoms with Gasteiger partial charge in [-0.15, -0.1) is 0 Å². The van der Waals surface area contributed by atoms with E-state index >= 15 is 0 Å². The van der Waals surface area contributed by atoms with Crippen molar-refractivity contribution in [2.45, 2.75) is 13.5 Å². The fourth-order valence-corrected chi connectivity index (χ4v) is 1.20. The molecule has 0 atom stereocenters. The van der Waals surface area contributed by atoms with Crippen molar-refractivity contribution in [3.63, 3.8) is 0 Å². The van der Waals surface area contributed by atoms with E-state index in [0.29, 0.717) is 10.6 Å². The molecule has 3 nitrogen and oxygen atoms in total. The Kier molecular flexibility index (Phi) is 2.92. The van der Waals surface area contributed by atoms with Gasteiger partial charge in [0, 0.05) is 5.56 Å². The normalized spacial score (nSPS) is 10.2. The standard InChI is InChI=1S/C8H10ClNO2/c1-5-2-3-7(11)6(4-10-12)8(5)9/h2-3,10-12H,4H2,1H3. The molecule has 0 heterocycles. The maximum atomic E-state index is 9.31. The van der Waals surface area contributed by atoms with Gasteiger partial charge in [0.1, 0.15) is 5.75 Å². The molecule has 0 saturated heterocycles. The molecule has 1 aromatic carbocycles. The van der Waals surface area contributed by atoms with Crippen LogP contribution in [0.25, 0.3) is 0 Å². The Morgan fingerprint density at radius 1 is 1.50 bits per heavy atom. The summed E-state index contributed by atoms with van der Waals surface area (Å²) in [6.07, 6.45) is 0. The zero-order valence-corrected chi connectivity index (χ0v) is 7.39. The molecule has 0 aliphatic heterocycles. The van der Waals surface area contributed by atoms with Crippen LogP contribution >= 0.6 is 11.6 Å². The van der Waals surface area contributed by atoms with Crippen LogP contribution in [-0.2, 0) is 6.54 Å². The summed E-state index contributed by atoms with van der Waals surface area (Å²) in [6.45, 7) is 1.98. The zero-order chi connectivity index (χ0) is 9.14. The van der Waals surface area contributed by atoms with E-state index in [9.17, 15) is 5.11 Å². The average molecular weight is 188 g/mol. The minimum atomic E-state index is 0.0900. The van der Waals surface area contributed by atoms with Crippen LogP contribution in [-0.4, -0.2) is 10.3 Å². The first kappa shape index (κ1) is 9.32. The first-order chi connectivity index (χ1) is 5.66. The molecule has 4 heteroatoms. The van der Waals surface area contributed by atoms with E-state index in [0.717, 1.165) is 5.56 Å². The molecule has 0 bridgehead atoms. The van der Waals surface area contributed by atoms with E-state index in [1.54, 1.807) is 12.1 Å². The van der Waals surface area contributed by atoms with Gasteiger partial charge in [0.2, 0.25) is 0 Å². The summed E-state index contributed by atoms with van der Waals surface area (Å²) in [5.41, 5.74) is 3.34. The second-order valence-corrected chi connectivity index (χ2v) is 2.91. The van der Waals surface area contributed by atoms with E-state index in [1.165, 1.54) is 0 Å². The number of hydrogen-bond donors (Lipinski definition) is 3. The quantitative estimate of drug-likeness (QED) is 0.620. The molecule has 0 fully saturated rings. The number of nitrogens with one attached hydrogen (secondary N) is 1. The second-order valence-electron chi connectivity index (χ2n) is 2.53. The number of hydrogen-bond acceptors (Lipinski definition) is 3. The van der Waals surface area contributed by atoms with Gasteiger partial charge < -0.3 is 10.3 Å². The lowest BCUT2D eigenvalue weighted by molar-refractivity contribution is 0.160. The van der Waals surface area contributed by atoms with Crippen LogP contribution in [0.5, 0.6) is 5.75 Å². The Bertz CT molecular complexity index is 289. The first-order valence-electron chi connectivity index (χ1n) is 3.50. The number of hydroxylamine groups is 1. The molecule has 0 aliphatic rings. The summed E-state index contributed by atoms with van der Waals surface area (Å²) in [7, 11) is 0. The predicted molar refractivity (Wildman–Crippen MR) is 46.5 cm³/mol. The van der Waals surface area contributed by atoms with Crippen LogP contribution < -0.4 is 5.48 Å². The van der Waals surface area contributed by atoms with Gasteiger partial charge in [-0.3, -0.25) is 0 Å². The van der Waals surface area contributed by atoms with Crippen molar-refractivity contribution in [1.82, 2.24) is 5.48 Å². The van der Waals surface area contributed by atoms with Crippen molar-refractivity contribution in [3.8, 4) is 5.75 Å². The topological polar surface area (TPSA) is 52.5 Å². The van der Waals surface area contributed by atoms with Gasteiger partial charge in [-0.2, -0.15) is 0 Å². The highest BCUT2D eigenvalue weighted by Crippen LogP contribution is 2.28. The first-order valence-corrected chi connectivity index (χ1v) is 3.88. The summed E-state index contributed by atoms with van der Waals surface area (Å²) in [4.78, 5) is 0. The number of aryl methyl sites for hydroxylation is 1. The van der Waals surface area contributed by atoms with Crippen molar-refractivity contribution in [2.75, 3.05) is 0 Å². The summed E-state index contributed by atoms with van der Waals surface area (Å²) in [5, 5.41) is 18.2. The molecular formula is C8H10ClNO2. The Morgan fingerprint density at radius 2 is 2.17 bits per heavy atom. The fraction of sp³-hybridized carbons (Fsp3) is 0.250. The van der Waals surface area contributed by atoms with Gasteiger partial charge in [0.05, 0.1) is 11.6 Å². The van der Waals surface area contributed by atoms with Crippen molar-refractivity contribution >= 4 is 11.6 Å². The minimum Gasteiger partial charge on any atom is -0.508 e. The monoisotopic (exact) mass is 187 g/mol. The molecule has 66 valence electrons. The number of phenols is 1. The molecule has 3 N–H and O–H groups in total. The van der Waals surface area contributed by atoms with Gasteiger partial charge in [0.25, 0.3) is 0 Å². The summed E-state index contributed by atoms with van der Waals surface area (Å²) in [6, 6.07) is 3.27. The van der Waals surface area contributed by atoms with E-state index in [2.05, 4.69) is 0 Å². The van der Waals surface area contributed by atoms with Crippen LogP contribution in [0.1, 0.15) is 11.1 Å². The summed E-state index contributed by atoms with van der Waals surface area (Å²) < 4.78 is 0. The molecule has 0 spiro atoms. The average Bonchev–Trinajstić information content (AvgIpc) is 2.06.